The Morgan fingerprint density at radius 2 is 1.65 bits per heavy atom. The Morgan fingerprint density at radius 3 is 2.40 bits per heavy atom. The van der Waals surface area contributed by atoms with Gasteiger partial charge in [0, 0.05) is 31.9 Å². The van der Waals surface area contributed by atoms with Crippen LogP contribution in [0, 0.1) is 0 Å². The number of piperazine rings is 1. The molecule has 0 atom stereocenters. The summed E-state index contributed by atoms with van der Waals surface area (Å²) in [5, 5.41) is 3.40. The molecule has 2 heteroatoms. The van der Waals surface area contributed by atoms with Crippen LogP contribution in [0.3, 0.4) is 0 Å². The quantitative estimate of drug-likeness (QED) is 0.916. The molecule has 2 aromatic carbocycles. The summed E-state index contributed by atoms with van der Waals surface area (Å²) in [7, 11) is 0. The van der Waals surface area contributed by atoms with Crippen LogP contribution in [0.1, 0.15) is 12.5 Å². The second-order valence-electron chi connectivity index (χ2n) is 5.34. The van der Waals surface area contributed by atoms with E-state index < -0.39 is 0 Å². The molecule has 1 fully saturated rings. The highest BCUT2D eigenvalue weighted by molar-refractivity contribution is 5.69. The molecule has 0 radical (unpaired) electrons. The SMILES string of the molecule is CCc1cccc(-c2cccc(N3CCNCC3)c2)c1. The molecule has 0 saturated carbocycles. The van der Waals surface area contributed by atoms with Gasteiger partial charge >= 0.3 is 0 Å². The molecule has 0 aliphatic carbocycles. The van der Waals surface area contributed by atoms with Gasteiger partial charge in [0.15, 0.2) is 0 Å². The normalized spacial score (nSPS) is 15.3. The average Bonchev–Trinajstić information content (AvgIpc) is 2.56. The van der Waals surface area contributed by atoms with Crippen LogP contribution in [-0.4, -0.2) is 26.2 Å². The first-order valence-corrected chi connectivity index (χ1v) is 7.52. The summed E-state index contributed by atoms with van der Waals surface area (Å²) in [5.74, 6) is 0. The third-order valence-electron chi connectivity index (χ3n) is 4.00. The lowest BCUT2D eigenvalue weighted by atomic mass is 10.0. The van der Waals surface area contributed by atoms with E-state index in [1.54, 1.807) is 0 Å². The second kappa shape index (κ2) is 6.10. The first-order valence-electron chi connectivity index (χ1n) is 7.52. The largest absolute Gasteiger partial charge is 0.369 e. The van der Waals surface area contributed by atoms with E-state index in [0.29, 0.717) is 0 Å². The molecule has 0 amide bonds. The second-order valence-corrected chi connectivity index (χ2v) is 5.34. The van der Waals surface area contributed by atoms with E-state index in [1.165, 1.54) is 22.4 Å². The van der Waals surface area contributed by atoms with Gasteiger partial charge in [-0.05, 0) is 35.2 Å². The molecule has 0 bridgehead atoms. The maximum atomic E-state index is 3.40. The van der Waals surface area contributed by atoms with Crippen LogP contribution in [0.5, 0.6) is 0 Å². The van der Waals surface area contributed by atoms with E-state index in [-0.39, 0.29) is 0 Å². The molecule has 2 aromatic rings. The Labute approximate surface area is 121 Å². The van der Waals surface area contributed by atoms with Gasteiger partial charge in [0.2, 0.25) is 0 Å². The topological polar surface area (TPSA) is 15.3 Å². The molecule has 1 saturated heterocycles. The highest BCUT2D eigenvalue weighted by atomic mass is 15.2. The molecule has 3 rings (SSSR count). The Balaban J connectivity index is 1.89. The lowest BCUT2D eigenvalue weighted by Crippen LogP contribution is -2.43. The lowest BCUT2D eigenvalue weighted by molar-refractivity contribution is 0.589. The molecule has 1 heterocycles. The Bertz CT molecular complexity index is 571. The van der Waals surface area contributed by atoms with E-state index in [4.69, 9.17) is 0 Å². The van der Waals surface area contributed by atoms with E-state index in [0.717, 1.165) is 32.6 Å². The van der Waals surface area contributed by atoms with Crippen LogP contribution in [0.4, 0.5) is 5.69 Å². The fourth-order valence-corrected chi connectivity index (χ4v) is 2.78. The van der Waals surface area contributed by atoms with Crippen molar-refractivity contribution in [3.63, 3.8) is 0 Å². The zero-order valence-corrected chi connectivity index (χ0v) is 12.1. The number of aryl methyl sites for hydroxylation is 1. The van der Waals surface area contributed by atoms with Gasteiger partial charge in [-0.3, -0.25) is 0 Å². The van der Waals surface area contributed by atoms with Gasteiger partial charge in [-0.2, -0.15) is 0 Å². The number of nitrogens with zero attached hydrogens (tertiary/aromatic N) is 1. The summed E-state index contributed by atoms with van der Waals surface area (Å²) in [6.07, 6.45) is 1.09. The van der Waals surface area contributed by atoms with Crippen molar-refractivity contribution < 1.29 is 0 Å². The standard InChI is InChI=1S/C18H22N2/c1-2-15-5-3-6-16(13-15)17-7-4-8-18(14-17)20-11-9-19-10-12-20/h3-8,13-14,19H,2,9-12H2,1H3. The maximum absolute atomic E-state index is 3.40. The van der Waals surface area contributed by atoms with Gasteiger partial charge < -0.3 is 10.2 Å². The molecule has 1 aliphatic heterocycles. The van der Waals surface area contributed by atoms with E-state index in [2.05, 4.69) is 65.7 Å². The first kappa shape index (κ1) is 13.2. The smallest absolute Gasteiger partial charge is 0.0373 e. The Kier molecular flexibility index (Phi) is 4.03. The summed E-state index contributed by atoms with van der Waals surface area (Å²) in [6, 6.07) is 17.8. The summed E-state index contributed by atoms with van der Waals surface area (Å²) in [6.45, 7) is 6.55. The minimum atomic E-state index is 1.08. The molecule has 2 nitrogen and oxygen atoms in total. The van der Waals surface area contributed by atoms with Crippen molar-refractivity contribution in [3.8, 4) is 11.1 Å². The van der Waals surface area contributed by atoms with Crippen LogP contribution in [0.2, 0.25) is 0 Å². The van der Waals surface area contributed by atoms with Crippen molar-refractivity contribution in [1.82, 2.24) is 5.32 Å². The summed E-state index contributed by atoms with van der Waals surface area (Å²) >= 11 is 0. The molecular formula is C18H22N2. The first-order chi connectivity index (χ1) is 9.86. The molecule has 0 spiro atoms. The monoisotopic (exact) mass is 266 g/mol. The molecule has 1 N–H and O–H groups in total. The Morgan fingerprint density at radius 1 is 0.950 bits per heavy atom. The number of hydrogen-bond donors (Lipinski definition) is 1. The molecule has 20 heavy (non-hydrogen) atoms. The van der Waals surface area contributed by atoms with Gasteiger partial charge in [-0.25, -0.2) is 0 Å². The van der Waals surface area contributed by atoms with E-state index in [9.17, 15) is 0 Å². The highest BCUT2D eigenvalue weighted by Gasteiger charge is 2.10. The minimum absolute atomic E-state index is 1.08. The van der Waals surface area contributed by atoms with Crippen molar-refractivity contribution in [2.24, 2.45) is 0 Å². The van der Waals surface area contributed by atoms with Crippen molar-refractivity contribution >= 4 is 5.69 Å². The number of nitrogens with one attached hydrogen (secondary N) is 1. The third-order valence-corrected chi connectivity index (χ3v) is 4.00. The van der Waals surface area contributed by atoms with Crippen molar-refractivity contribution in [2.45, 2.75) is 13.3 Å². The van der Waals surface area contributed by atoms with Gasteiger partial charge in [0.25, 0.3) is 0 Å². The van der Waals surface area contributed by atoms with Gasteiger partial charge in [0.1, 0.15) is 0 Å². The zero-order chi connectivity index (χ0) is 13.8. The number of rotatable bonds is 3. The van der Waals surface area contributed by atoms with Crippen molar-refractivity contribution in [3.05, 3.63) is 54.1 Å². The molecular weight excluding hydrogens is 244 g/mol. The lowest BCUT2D eigenvalue weighted by Gasteiger charge is -2.29. The van der Waals surface area contributed by atoms with Crippen molar-refractivity contribution in [1.29, 1.82) is 0 Å². The number of benzene rings is 2. The predicted molar refractivity (Wildman–Crippen MR) is 86.3 cm³/mol. The molecule has 104 valence electrons. The Hall–Kier alpha value is -1.80. The summed E-state index contributed by atoms with van der Waals surface area (Å²) in [5.41, 5.74) is 5.37. The summed E-state index contributed by atoms with van der Waals surface area (Å²) < 4.78 is 0. The number of hydrogen-bond acceptors (Lipinski definition) is 2. The zero-order valence-electron chi connectivity index (χ0n) is 12.1. The van der Waals surface area contributed by atoms with E-state index >= 15 is 0 Å². The fourth-order valence-electron chi connectivity index (χ4n) is 2.78. The molecule has 1 aliphatic rings. The third kappa shape index (κ3) is 2.86. The van der Waals surface area contributed by atoms with Crippen molar-refractivity contribution in [2.75, 3.05) is 31.1 Å². The van der Waals surface area contributed by atoms with Gasteiger partial charge in [0.05, 0.1) is 0 Å². The van der Waals surface area contributed by atoms with Crippen LogP contribution < -0.4 is 10.2 Å². The van der Waals surface area contributed by atoms with Crippen LogP contribution in [0.25, 0.3) is 11.1 Å². The highest BCUT2D eigenvalue weighted by Crippen LogP contribution is 2.25. The van der Waals surface area contributed by atoms with Crippen LogP contribution in [0.15, 0.2) is 48.5 Å². The predicted octanol–water partition coefficient (Wildman–Crippen LogP) is 3.33. The van der Waals surface area contributed by atoms with Crippen LogP contribution in [-0.2, 0) is 6.42 Å². The molecule has 0 aromatic heterocycles. The van der Waals surface area contributed by atoms with Crippen LogP contribution >= 0.6 is 0 Å². The minimum Gasteiger partial charge on any atom is -0.369 e. The molecule has 0 unspecified atom stereocenters. The van der Waals surface area contributed by atoms with E-state index in [1.807, 2.05) is 0 Å². The van der Waals surface area contributed by atoms with Gasteiger partial charge in [-0.15, -0.1) is 0 Å². The number of anilines is 1. The maximum Gasteiger partial charge on any atom is 0.0373 e. The van der Waals surface area contributed by atoms with Gasteiger partial charge in [-0.1, -0.05) is 43.3 Å². The summed E-state index contributed by atoms with van der Waals surface area (Å²) in [4.78, 5) is 2.46. The average molecular weight is 266 g/mol. The fraction of sp³-hybridized carbons (Fsp3) is 0.333.